The Hall–Kier alpha value is -2.37. The van der Waals surface area contributed by atoms with Gasteiger partial charge in [0.15, 0.2) is 0 Å². The number of amides is 1. The van der Waals surface area contributed by atoms with Crippen molar-refractivity contribution in [3.63, 3.8) is 0 Å². The number of nitrogens with zero attached hydrogens (tertiary/aromatic N) is 2. The minimum absolute atomic E-state index is 0.0464. The molecule has 1 heterocycles. The van der Waals surface area contributed by atoms with Crippen molar-refractivity contribution in [3.8, 4) is 0 Å². The minimum Gasteiger partial charge on any atom is -0.468 e. The lowest BCUT2D eigenvalue weighted by Gasteiger charge is -2.19. The lowest BCUT2D eigenvalue weighted by Crippen LogP contribution is -2.36. The second-order valence-corrected chi connectivity index (χ2v) is 4.07. The lowest BCUT2D eigenvalue weighted by atomic mass is 10.1. The maximum Gasteiger partial charge on any atom is 0.325 e. The van der Waals surface area contributed by atoms with E-state index in [4.69, 9.17) is 0 Å². The molecule has 1 aromatic carbocycles. The Morgan fingerprint density at radius 2 is 2.21 bits per heavy atom. The van der Waals surface area contributed by atoms with E-state index >= 15 is 0 Å². The summed E-state index contributed by atoms with van der Waals surface area (Å²) in [5.41, 5.74) is 1.40. The van der Waals surface area contributed by atoms with Crippen LogP contribution in [-0.2, 0) is 9.53 Å². The molecular weight excluding hydrogens is 246 g/mol. The van der Waals surface area contributed by atoms with Crippen molar-refractivity contribution in [1.29, 1.82) is 0 Å². The molecule has 2 rings (SSSR count). The second-order valence-electron chi connectivity index (χ2n) is 4.07. The molecule has 0 atom stereocenters. The summed E-state index contributed by atoms with van der Waals surface area (Å²) >= 11 is 0. The van der Waals surface area contributed by atoms with E-state index in [-0.39, 0.29) is 12.5 Å². The SMILES string of the molecule is CCN(CC(=O)OC)C(=O)c1ccc2[nH]ncc2c1. The third-order valence-corrected chi connectivity index (χ3v) is 2.90. The number of benzene rings is 1. The number of aromatic amines is 1. The Balaban J connectivity index is 2.23. The zero-order chi connectivity index (χ0) is 13.8. The fourth-order valence-corrected chi connectivity index (χ4v) is 1.81. The summed E-state index contributed by atoms with van der Waals surface area (Å²) in [6.45, 7) is 2.21. The molecular formula is C13H15N3O3. The molecule has 1 aromatic heterocycles. The van der Waals surface area contributed by atoms with Crippen molar-refractivity contribution in [2.24, 2.45) is 0 Å². The average Bonchev–Trinajstić information content (AvgIpc) is 2.90. The third-order valence-electron chi connectivity index (χ3n) is 2.90. The van der Waals surface area contributed by atoms with Crippen LogP contribution in [0.3, 0.4) is 0 Å². The zero-order valence-electron chi connectivity index (χ0n) is 10.8. The fraction of sp³-hybridized carbons (Fsp3) is 0.308. The summed E-state index contributed by atoms with van der Waals surface area (Å²) in [6, 6.07) is 5.26. The number of carbonyl (C=O) groups excluding carboxylic acids is 2. The van der Waals surface area contributed by atoms with E-state index < -0.39 is 5.97 Å². The summed E-state index contributed by atoms with van der Waals surface area (Å²) in [7, 11) is 1.30. The molecule has 0 bridgehead atoms. The largest absolute Gasteiger partial charge is 0.468 e. The quantitative estimate of drug-likeness (QED) is 0.839. The van der Waals surface area contributed by atoms with Gasteiger partial charge in [0, 0.05) is 17.5 Å². The van der Waals surface area contributed by atoms with E-state index in [2.05, 4.69) is 14.9 Å². The second kappa shape index (κ2) is 5.51. The number of fused-ring (bicyclic) bond motifs is 1. The standard InChI is InChI=1S/C13H15N3O3/c1-3-16(8-12(17)19-2)13(18)9-4-5-11-10(6-9)7-14-15-11/h4-7H,3,8H2,1-2H3,(H,14,15). The van der Waals surface area contributed by atoms with Crippen LogP contribution in [0.15, 0.2) is 24.4 Å². The summed E-state index contributed by atoms with van der Waals surface area (Å²) in [6.07, 6.45) is 1.66. The smallest absolute Gasteiger partial charge is 0.325 e. The number of ether oxygens (including phenoxy) is 1. The van der Waals surface area contributed by atoms with Crippen LogP contribution in [-0.4, -0.2) is 47.2 Å². The highest BCUT2D eigenvalue weighted by molar-refractivity contribution is 5.99. The monoisotopic (exact) mass is 261 g/mol. The normalized spacial score (nSPS) is 10.4. The molecule has 0 saturated carbocycles. The first kappa shape index (κ1) is 13.1. The molecule has 1 amide bonds. The van der Waals surface area contributed by atoms with Crippen LogP contribution < -0.4 is 0 Å². The van der Waals surface area contributed by atoms with Gasteiger partial charge in [-0.2, -0.15) is 5.10 Å². The first-order valence-corrected chi connectivity index (χ1v) is 5.95. The van der Waals surface area contributed by atoms with Gasteiger partial charge in [-0.25, -0.2) is 0 Å². The summed E-state index contributed by atoms with van der Waals surface area (Å²) in [5.74, 6) is -0.629. The molecule has 0 aliphatic carbocycles. The van der Waals surface area contributed by atoms with Crippen molar-refractivity contribution < 1.29 is 14.3 Å². The van der Waals surface area contributed by atoms with Gasteiger partial charge in [-0.15, -0.1) is 0 Å². The van der Waals surface area contributed by atoms with Crippen LogP contribution in [0, 0.1) is 0 Å². The van der Waals surface area contributed by atoms with E-state index in [9.17, 15) is 9.59 Å². The van der Waals surface area contributed by atoms with E-state index in [0.717, 1.165) is 10.9 Å². The molecule has 0 saturated heterocycles. The van der Waals surface area contributed by atoms with Crippen LogP contribution in [0.5, 0.6) is 0 Å². The number of H-pyrrole nitrogens is 1. The van der Waals surface area contributed by atoms with Crippen LogP contribution in [0.1, 0.15) is 17.3 Å². The third kappa shape index (κ3) is 2.73. The van der Waals surface area contributed by atoms with Gasteiger partial charge in [0.25, 0.3) is 5.91 Å². The minimum atomic E-state index is -0.431. The predicted octanol–water partition coefficient (Wildman–Crippen LogP) is 1.20. The molecule has 0 aliphatic heterocycles. The van der Waals surface area contributed by atoms with E-state index in [1.807, 2.05) is 6.92 Å². The number of methoxy groups -OCH3 is 1. The Morgan fingerprint density at radius 3 is 2.89 bits per heavy atom. The van der Waals surface area contributed by atoms with Gasteiger partial charge in [0.05, 0.1) is 18.8 Å². The summed E-state index contributed by atoms with van der Waals surface area (Å²) in [4.78, 5) is 25.0. The van der Waals surface area contributed by atoms with Crippen molar-refractivity contribution in [3.05, 3.63) is 30.0 Å². The van der Waals surface area contributed by atoms with Crippen LogP contribution >= 0.6 is 0 Å². The number of esters is 1. The number of carbonyl (C=O) groups is 2. The van der Waals surface area contributed by atoms with Crippen LogP contribution in [0.2, 0.25) is 0 Å². The molecule has 0 fully saturated rings. The molecule has 6 nitrogen and oxygen atoms in total. The fourth-order valence-electron chi connectivity index (χ4n) is 1.81. The highest BCUT2D eigenvalue weighted by Crippen LogP contribution is 2.14. The Labute approximate surface area is 110 Å². The van der Waals surface area contributed by atoms with E-state index in [1.165, 1.54) is 12.0 Å². The van der Waals surface area contributed by atoms with Gasteiger partial charge >= 0.3 is 5.97 Å². The number of rotatable bonds is 4. The Bertz CT molecular complexity index is 606. The van der Waals surface area contributed by atoms with Crippen molar-refractivity contribution >= 4 is 22.8 Å². The molecule has 6 heteroatoms. The first-order chi connectivity index (χ1) is 9.15. The molecule has 100 valence electrons. The van der Waals surface area contributed by atoms with E-state index in [1.54, 1.807) is 24.4 Å². The van der Waals surface area contributed by atoms with E-state index in [0.29, 0.717) is 12.1 Å². The molecule has 0 spiro atoms. The van der Waals surface area contributed by atoms with Crippen LogP contribution in [0.4, 0.5) is 0 Å². The Morgan fingerprint density at radius 1 is 1.42 bits per heavy atom. The number of hydrogen-bond acceptors (Lipinski definition) is 4. The van der Waals surface area contributed by atoms with Gasteiger partial charge in [0.1, 0.15) is 6.54 Å². The number of hydrogen-bond donors (Lipinski definition) is 1. The number of likely N-dealkylation sites (N-methyl/N-ethyl adjacent to an activating group) is 1. The molecule has 1 N–H and O–H groups in total. The summed E-state index contributed by atoms with van der Waals surface area (Å²) in [5, 5.41) is 7.59. The molecule has 0 aliphatic rings. The average molecular weight is 261 g/mol. The topological polar surface area (TPSA) is 75.3 Å². The zero-order valence-corrected chi connectivity index (χ0v) is 10.8. The van der Waals surface area contributed by atoms with Gasteiger partial charge in [-0.3, -0.25) is 14.7 Å². The highest BCUT2D eigenvalue weighted by atomic mass is 16.5. The van der Waals surface area contributed by atoms with Crippen molar-refractivity contribution in [1.82, 2.24) is 15.1 Å². The number of nitrogens with one attached hydrogen (secondary N) is 1. The van der Waals surface area contributed by atoms with Gasteiger partial charge in [-0.05, 0) is 25.1 Å². The van der Waals surface area contributed by atoms with Gasteiger partial charge in [0.2, 0.25) is 0 Å². The van der Waals surface area contributed by atoms with Gasteiger partial charge in [-0.1, -0.05) is 0 Å². The summed E-state index contributed by atoms with van der Waals surface area (Å²) < 4.78 is 4.58. The molecule has 2 aromatic rings. The maximum absolute atomic E-state index is 12.3. The number of aromatic nitrogens is 2. The molecule has 0 unspecified atom stereocenters. The van der Waals surface area contributed by atoms with Crippen LogP contribution in [0.25, 0.3) is 10.9 Å². The van der Waals surface area contributed by atoms with Crippen molar-refractivity contribution in [2.45, 2.75) is 6.92 Å². The van der Waals surface area contributed by atoms with Crippen molar-refractivity contribution in [2.75, 3.05) is 20.2 Å². The first-order valence-electron chi connectivity index (χ1n) is 5.95. The lowest BCUT2D eigenvalue weighted by molar-refractivity contribution is -0.141. The molecule has 0 radical (unpaired) electrons. The van der Waals surface area contributed by atoms with Gasteiger partial charge < -0.3 is 9.64 Å². The predicted molar refractivity (Wildman–Crippen MR) is 69.7 cm³/mol. The molecule has 19 heavy (non-hydrogen) atoms. The highest BCUT2D eigenvalue weighted by Gasteiger charge is 2.17. The maximum atomic E-state index is 12.3. The Kier molecular flexibility index (Phi) is 3.79.